The molecule has 1 aliphatic rings. The molecule has 3 nitrogen and oxygen atoms in total. The van der Waals surface area contributed by atoms with Crippen molar-refractivity contribution >= 4 is 65.6 Å². The first kappa shape index (κ1) is 34.2. The third-order valence-corrected chi connectivity index (χ3v) is 13.6. The van der Waals surface area contributed by atoms with Crippen molar-refractivity contribution in [3.8, 4) is 33.6 Å². The zero-order valence-corrected chi connectivity index (χ0v) is 33.9. The smallest absolute Gasteiger partial charge is 0.136 e. The Morgan fingerprint density at radius 2 is 0.898 bits per heavy atom. The second kappa shape index (κ2) is 12.3. The quantitative estimate of drug-likeness (QED) is 0.175. The predicted octanol–water partition coefficient (Wildman–Crippen LogP) is 15.5. The molecule has 0 atom stereocenters. The SMILES string of the molecule is CC1(C)CCC(C)(C)c2cc(-n3c4ccccc4c4cc(-c5ccc6c(c5)c5ccccc5n6-c5ccc(-c6cccc7oc8ccccc8c67)cc5)ccc43)ccc21. The van der Waals surface area contributed by atoms with Crippen LogP contribution in [-0.2, 0) is 10.8 Å². The summed E-state index contributed by atoms with van der Waals surface area (Å²) in [7, 11) is 0. The highest BCUT2D eigenvalue weighted by atomic mass is 16.3. The Morgan fingerprint density at radius 1 is 0.390 bits per heavy atom. The Kier molecular flexibility index (Phi) is 7.15. The van der Waals surface area contributed by atoms with E-state index in [1.807, 2.05) is 12.1 Å². The lowest BCUT2D eigenvalue weighted by Crippen LogP contribution is -2.33. The highest BCUT2D eigenvalue weighted by Crippen LogP contribution is 2.47. The highest BCUT2D eigenvalue weighted by Gasteiger charge is 2.37. The summed E-state index contributed by atoms with van der Waals surface area (Å²) >= 11 is 0. The van der Waals surface area contributed by atoms with Crippen molar-refractivity contribution in [2.45, 2.75) is 51.4 Å². The van der Waals surface area contributed by atoms with E-state index in [-0.39, 0.29) is 10.8 Å². The maximum absolute atomic E-state index is 6.22. The Bertz CT molecular complexity index is 3500. The molecule has 11 aromatic rings. The summed E-state index contributed by atoms with van der Waals surface area (Å²) in [6.07, 6.45) is 2.41. The third kappa shape index (κ3) is 5.07. The number of furan rings is 1. The van der Waals surface area contributed by atoms with E-state index in [9.17, 15) is 0 Å². The maximum atomic E-state index is 6.22. The van der Waals surface area contributed by atoms with Crippen LogP contribution in [0, 0.1) is 0 Å². The Balaban J connectivity index is 0.966. The normalized spacial score (nSPS) is 14.9. The fourth-order valence-corrected chi connectivity index (χ4v) is 10.4. The first-order valence-electron chi connectivity index (χ1n) is 21.0. The number of nitrogens with zero attached hydrogens (tertiary/aromatic N) is 2. The van der Waals surface area contributed by atoms with Crippen LogP contribution in [0.4, 0.5) is 0 Å². The summed E-state index contributed by atoms with van der Waals surface area (Å²) in [5, 5.41) is 7.36. The number of rotatable bonds is 4. The van der Waals surface area contributed by atoms with Crippen molar-refractivity contribution in [1.82, 2.24) is 9.13 Å². The van der Waals surface area contributed by atoms with E-state index in [2.05, 4.69) is 195 Å². The van der Waals surface area contributed by atoms with E-state index in [4.69, 9.17) is 4.42 Å². The van der Waals surface area contributed by atoms with E-state index in [1.54, 1.807) is 0 Å². The molecule has 1 aliphatic carbocycles. The lowest BCUT2D eigenvalue weighted by atomic mass is 9.63. The van der Waals surface area contributed by atoms with Gasteiger partial charge in [0.2, 0.25) is 0 Å². The molecule has 59 heavy (non-hydrogen) atoms. The average molecular weight is 761 g/mol. The predicted molar refractivity (Wildman–Crippen MR) is 249 cm³/mol. The molecule has 284 valence electrons. The molecule has 3 aromatic heterocycles. The van der Waals surface area contributed by atoms with Gasteiger partial charge in [0.05, 0.1) is 22.1 Å². The van der Waals surface area contributed by atoms with Crippen molar-refractivity contribution in [2.75, 3.05) is 0 Å². The summed E-state index contributed by atoms with van der Waals surface area (Å²) in [6.45, 7) is 9.64. The van der Waals surface area contributed by atoms with Crippen LogP contribution in [0.1, 0.15) is 51.7 Å². The van der Waals surface area contributed by atoms with Crippen LogP contribution in [0.3, 0.4) is 0 Å². The number of fused-ring (bicyclic) bond motifs is 10. The summed E-state index contributed by atoms with van der Waals surface area (Å²) in [5.74, 6) is 0. The minimum Gasteiger partial charge on any atom is -0.456 e. The zero-order chi connectivity index (χ0) is 39.6. The lowest BCUT2D eigenvalue weighted by molar-refractivity contribution is 0.332. The van der Waals surface area contributed by atoms with Gasteiger partial charge in [0.1, 0.15) is 11.2 Å². The first-order valence-corrected chi connectivity index (χ1v) is 21.0. The molecule has 3 heterocycles. The fourth-order valence-electron chi connectivity index (χ4n) is 10.4. The summed E-state index contributed by atoms with van der Waals surface area (Å²) < 4.78 is 11.1. The topological polar surface area (TPSA) is 23.0 Å². The van der Waals surface area contributed by atoms with Crippen molar-refractivity contribution < 1.29 is 4.42 Å². The molecule has 0 aliphatic heterocycles. The lowest BCUT2D eigenvalue weighted by Gasteiger charge is -2.42. The maximum Gasteiger partial charge on any atom is 0.136 e. The van der Waals surface area contributed by atoms with Crippen molar-refractivity contribution in [3.63, 3.8) is 0 Å². The van der Waals surface area contributed by atoms with Crippen LogP contribution in [-0.4, -0.2) is 9.13 Å². The van der Waals surface area contributed by atoms with Gasteiger partial charge in [0.25, 0.3) is 0 Å². The number of para-hydroxylation sites is 3. The number of benzene rings is 8. The van der Waals surface area contributed by atoms with E-state index in [0.717, 1.165) is 27.6 Å². The molecule has 0 radical (unpaired) electrons. The van der Waals surface area contributed by atoms with Gasteiger partial charge in [-0.2, -0.15) is 0 Å². The minimum absolute atomic E-state index is 0.142. The zero-order valence-electron chi connectivity index (χ0n) is 33.9. The Hall–Kier alpha value is -6.84. The van der Waals surface area contributed by atoms with E-state index < -0.39 is 0 Å². The van der Waals surface area contributed by atoms with Gasteiger partial charge in [0, 0.05) is 43.7 Å². The third-order valence-electron chi connectivity index (χ3n) is 13.6. The van der Waals surface area contributed by atoms with Crippen LogP contribution >= 0.6 is 0 Å². The Morgan fingerprint density at radius 3 is 1.56 bits per heavy atom. The molecule has 0 unspecified atom stereocenters. The van der Waals surface area contributed by atoms with E-state index >= 15 is 0 Å². The highest BCUT2D eigenvalue weighted by molar-refractivity contribution is 6.14. The van der Waals surface area contributed by atoms with Gasteiger partial charge in [-0.1, -0.05) is 125 Å². The standard InChI is InChI=1S/C56H44N2O/c1-55(2)30-31-56(3,4)47-34-39(26-27-46(47)55)58-49-17-9-6-13-42(49)45-33-37(23-29-51(45)58)36-22-28-50-44(32-36)41-12-5-8-16-48(41)57(50)38-24-20-35(21-25-38)40-15-11-19-53-54(40)43-14-7-10-18-52(43)59-53/h5-29,32-34H,30-31H2,1-4H3. The van der Waals surface area contributed by atoms with Gasteiger partial charge in [-0.25, -0.2) is 0 Å². The van der Waals surface area contributed by atoms with E-state index in [1.165, 1.54) is 95.5 Å². The number of hydrogen-bond acceptors (Lipinski definition) is 1. The van der Waals surface area contributed by atoms with Gasteiger partial charge >= 0.3 is 0 Å². The van der Waals surface area contributed by atoms with Gasteiger partial charge in [0.15, 0.2) is 0 Å². The van der Waals surface area contributed by atoms with Crippen LogP contribution in [0.2, 0.25) is 0 Å². The monoisotopic (exact) mass is 760 g/mol. The molecule has 8 aromatic carbocycles. The molecular weight excluding hydrogens is 717 g/mol. The molecule has 3 heteroatoms. The van der Waals surface area contributed by atoms with Crippen LogP contribution in [0.5, 0.6) is 0 Å². The van der Waals surface area contributed by atoms with Gasteiger partial charge in [-0.05, 0) is 130 Å². The first-order chi connectivity index (χ1) is 28.7. The summed E-state index contributed by atoms with van der Waals surface area (Å²) in [4.78, 5) is 0. The van der Waals surface area contributed by atoms with Crippen LogP contribution in [0.15, 0.2) is 174 Å². The van der Waals surface area contributed by atoms with E-state index in [0.29, 0.717) is 0 Å². The van der Waals surface area contributed by atoms with Gasteiger partial charge < -0.3 is 13.6 Å². The molecular formula is C56H44N2O. The van der Waals surface area contributed by atoms with Crippen molar-refractivity contribution in [2.24, 2.45) is 0 Å². The Labute approximate surface area is 343 Å². The molecule has 0 bridgehead atoms. The van der Waals surface area contributed by atoms with Gasteiger partial charge in [-0.3, -0.25) is 0 Å². The molecule has 0 saturated carbocycles. The fraction of sp³-hybridized carbons (Fsp3) is 0.143. The average Bonchev–Trinajstić information content (AvgIpc) is 3.93. The molecule has 0 saturated heterocycles. The second-order valence-electron chi connectivity index (χ2n) is 18.0. The second-order valence-corrected chi connectivity index (χ2v) is 18.0. The molecule has 0 amide bonds. The largest absolute Gasteiger partial charge is 0.456 e. The number of hydrogen-bond donors (Lipinski definition) is 0. The molecule has 0 N–H and O–H groups in total. The summed E-state index contributed by atoms with van der Waals surface area (Å²) in [6, 6.07) is 62.6. The van der Waals surface area contributed by atoms with Crippen LogP contribution in [0.25, 0.3) is 99.2 Å². The number of aromatic nitrogens is 2. The summed E-state index contributed by atoms with van der Waals surface area (Å²) in [5.41, 5.74) is 17.2. The minimum atomic E-state index is 0.142. The van der Waals surface area contributed by atoms with Crippen LogP contribution < -0.4 is 0 Å². The molecule has 12 rings (SSSR count). The molecule has 0 spiro atoms. The molecule has 0 fully saturated rings. The van der Waals surface area contributed by atoms with Crippen molar-refractivity contribution in [3.05, 3.63) is 181 Å². The van der Waals surface area contributed by atoms with Crippen molar-refractivity contribution in [1.29, 1.82) is 0 Å². The van der Waals surface area contributed by atoms with Gasteiger partial charge in [-0.15, -0.1) is 0 Å².